The van der Waals surface area contributed by atoms with Crippen molar-refractivity contribution in [3.63, 3.8) is 0 Å². The Morgan fingerprint density at radius 2 is 1.81 bits per heavy atom. The predicted molar refractivity (Wildman–Crippen MR) is 115 cm³/mol. The number of hydrogen-bond acceptors (Lipinski definition) is 8. The lowest BCUT2D eigenvalue weighted by Gasteiger charge is -2.19. The van der Waals surface area contributed by atoms with Gasteiger partial charge in [0.15, 0.2) is 5.75 Å². The van der Waals surface area contributed by atoms with Crippen molar-refractivity contribution in [2.45, 2.75) is 18.7 Å². The van der Waals surface area contributed by atoms with Gasteiger partial charge < -0.3 is 29.6 Å². The molecule has 1 aromatic carbocycles. The molecule has 1 amide bonds. The summed E-state index contributed by atoms with van der Waals surface area (Å²) in [7, 11) is 2.99. The van der Waals surface area contributed by atoms with Crippen LogP contribution in [0.5, 0.6) is 17.2 Å². The van der Waals surface area contributed by atoms with E-state index in [1.54, 1.807) is 6.07 Å². The molecule has 0 bridgehead atoms. The molecule has 0 spiro atoms. The van der Waals surface area contributed by atoms with Gasteiger partial charge >= 0.3 is 0 Å². The van der Waals surface area contributed by atoms with Crippen LogP contribution >= 0.6 is 23.2 Å². The third-order valence-corrected chi connectivity index (χ3v) is 5.35. The summed E-state index contributed by atoms with van der Waals surface area (Å²) in [5.41, 5.74) is 0.511. The molecular formula is C20H20Cl2N4O5. The van der Waals surface area contributed by atoms with Gasteiger partial charge in [-0.25, -0.2) is 9.97 Å². The molecule has 3 rings (SSSR count). The number of terminal acetylenes is 1. The molecule has 1 aliphatic heterocycles. The van der Waals surface area contributed by atoms with Gasteiger partial charge in [-0.1, -0.05) is 23.2 Å². The first-order valence-corrected chi connectivity index (χ1v) is 9.87. The van der Waals surface area contributed by atoms with Crippen LogP contribution in [0.2, 0.25) is 10.0 Å². The van der Waals surface area contributed by atoms with E-state index in [2.05, 4.69) is 20.6 Å². The first-order chi connectivity index (χ1) is 15.0. The van der Waals surface area contributed by atoms with E-state index in [1.807, 2.05) is 5.92 Å². The molecule has 164 valence electrons. The van der Waals surface area contributed by atoms with E-state index in [9.17, 15) is 4.79 Å². The molecule has 11 heteroatoms. The zero-order chi connectivity index (χ0) is 22.4. The van der Waals surface area contributed by atoms with Gasteiger partial charge in [-0.05, 0) is 5.92 Å². The van der Waals surface area contributed by atoms with Gasteiger partial charge in [-0.2, -0.15) is 0 Å². The van der Waals surface area contributed by atoms with Crippen LogP contribution in [0.15, 0.2) is 18.5 Å². The largest absolute Gasteiger partial charge is 0.495 e. The molecule has 0 saturated carbocycles. The maximum atomic E-state index is 11.4. The van der Waals surface area contributed by atoms with E-state index < -0.39 is 5.91 Å². The molecule has 2 heterocycles. The van der Waals surface area contributed by atoms with Crippen LogP contribution in [-0.2, 0) is 16.1 Å². The van der Waals surface area contributed by atoms with Crippen LogP contribution in [0.3, 0.4) is 0 Å². The number of anilines is 1. The zero-order valence-corrected chi connectivity index (χ0v) is 18.3. The first-order valence-electron chi connectivity index (χ1n) is 9.11. The van der Waals surface area contributed by atoms with Crippen LogP contribution in [-0.4, -0.2) is 55.4 Å². The number of methoxy groups -OCH3 is 2. The summed E-state index contributed by atoms with van der Waals surface area (Å²) in [6, 6.07) is 1.10. The molecule has 0 radical (unpaired) electrons. The highest BCUT2D eigenvalue weighted by Gasteiger charge is 2.29. The molecule has 2 aromatic rings. The summed E-state index contributed by atoms with van der Waals surface area (Å²) in [6.45, 7) is 0.779. The second-order valence-electron chi connectivity index (χ2n) is 6.43. The molecule has 1 fully saturated rings. The molecule has 0 aliphatic carbocycles. The van der Waals surface area contributed by atoms with Gasteiger partial charge in [0.1, 0.15) is 18.1 Å². The number of halogens is 2. The van der Waals surface area contributed by atoms with E-state index in [4.69, 9.17) is 48.6 Å². The van der Waals surface area contributed by atoms with Crippen molar-refractivity contribution in [3.8, 4) is 29.6 Å². The van der Waals surface area contributed by atoms with Gasteiger partial charge in [-0.3, -0.25) is 4.79 Å². The van der Waals surface area contributed by atoms with Crippen LogP contribution in [0.1, 0.15) is 5.56 Å². The minimum Gasteiger partial charge on any atom is -0.495 e. The average molecular weight is 467 g/mol. The Kier molecular flexibility index (Phi) is 7.63. The number of nitrogens with zero attached hydrogens (tertiary/aromatic N) is 2. The topological polar surface area (TPSA) is 104 Å². The first kappa shape index (κ1) is 22.7. The number of carbonyl (C=O) groups excluding carboxylic acids is 1. The Labute approximate surface area is 189 Å². The fraction of sp³-hybridized carbons (Fsp3) is 0.350. The van der Waals surface area contributed by atoms with Crippen LogP contribution < -0.4 is 24.8 Å². The molecule has 1 aliphatic rings. The smallest absolute Gasteiger partial charge is 0.295 e. The van der Waals surface area contributed by atoms with Crippen molar-refractivity contribution < 1.29 is 23.7 Å². The number of aromatic nitrogens is 2. The summed E-state index contributed by atoms with van der Waals surface area (Å²) in [4.78, 5) is 19.9. The quantitative estimate of drug-likeness (QED) is 0.571. The van der Waals surface area contributed by atoms with Gasteiger partial charge in [0.25, 0.3) is 5.91 Å². The predicted octanol–water partition coefficient (Wildman–Crippen LogP) is 2.31. The Bertz CT molecular complexity index is 953. The van der Waals surface area contributed by atoms with Crippen LogP contribution in [0.25, 0.3) is 0 Å². The second kappa shape index (κ2) is 10.4. The van der Waals surface area contributed by atoms with E-state index in [0.29, 0.717) is 52.0 Å². The fourth-order valence-electron chi connectivity index (χ4n) is 2.90. The number of nitrogens with one attached hydrogen (secondary N) is 2. The zero-order valence-electron chi connectivity index (χ0n) is 16.8. The Morgan fingerprint density at radius 1 is 1.19 bits per heavy atom. The van der Waals surface area contributed by atoms with E-state index in [-0.39, 0.29) is 18.7 Å². The Morgan fingerprint density at radius 3 is 2.39 bits per heavy atom. The minimum absolute atomic E-state index is 0.0536. The molecule has 31 heavy (non-hydrogen) atoms. The Balaban J connectivity index is 1.64. The summed E-state index contributed by atoms with van der Waals surface area (Å²) in [5, 5.41) is 6.45. The third-order valence-electron chi connectivity index (χ3n) is 4.52. The highest BCUT2D eigenvalue weighted by atomic mass is 35.5. The molecular weight excluding hydrogens is 447 g/mol. The lowest BCUT2D eigenvalue weighted by molar-refractivity contribution is -0.116. The van der Waals surface area contributed by atoms with Crippen molar-refractivity contribution in [2.75, 3.05) is 32.8 Å². The van der Waals surface area contributed by atoms with Crippen LogP contribution in [0, 0.1) is 12.3 Å². The van der Waals surface area contributed by atoms with Gasteiger partial charge in [0.2, 0.25) is 5.95 Å². The van der Waals surface area contributed by atoms with Crippen molar-refractivity contribution in [1.29, 1.82) is 0 Å². The summed E-state index contributed by atoms with van der Waals surface area (Å²) < 4.78 is 21.6. The van der Waals surface area contributed by atoms with Crippen molar-refractivity contribution in [1.82, 2.24) is 15.3 Å². The highest BCUT2D eigenvalue weighted by Crippen LogP contribution is 2.40. The number of ether oxygens (including phenoxy) is 4. The van der Waals surface area contributed by atoms with Gasteiger partial charge in [-0.15, -0.1) is 6.42 Å². The molecule has 2 N–H and O–H groups in total. The number of amides is 1. The summed E-state index contributed by atoms with van der Waals surface area (Å²) >= 11 is 12.7. The van der Waals surface area contributed by atoms with E-state index in [0.717, 1.165) is 0 Å². The van der Waals surface area contributed by atoms with E-state index >= 15 is 0 Å². The number of carbonyl (C=O) groups is 1. The Hall–Kier alpha value is -2.93. The SMILES string of the molecule is C#CC(=O)NC1COCC1Nc1ncc(OCc2c(Cl)c(OC)cc(OC)c2Cl)cn1. The lowest BCUT2D eigenvalue weighted by atomic mass is 10.2. The molecule has 9 nitrogen and oxygen atoms in total. The highest BCUT2D eigenvalue weighted by molar-refractivity contribution is 6.37. The van der Waals surface area contributed by atoms with Gasteiger partial charge in [0, 0.05) is 11.6 Å². The van der Waals surface area contributed by atoms with Gasteiger partial charge in [0.05, 0.1) is 62.0 Å². The maximum absolute atomic E-state index is 11.4. The number of rotatable bonds is 8. The molecule has 2 atom stereocenters. The lowest BCUT2D eigenvalue weighted by Crippen LogP contribution is -2.45. The van der Waals surface area contributed by atoms with Crippen molar-refractivity contribution >= 4 is 35.1 Å². The van der Waals surface area contributed by atoms with Crippen molar-refractivity contribution in [2.24, 2.45) is 0 Å². The minimum atomic E-state index is -0.501. The monoisotopic (exact) mass is 466 g/mol. The second-order valence-corrected chi connectivity index (χ2v) is 7.19. The normalized spacial score (nSPS) is 17.5. The standard InChI is InChI=1S/C20H20Cl2N4O5/c1-4-17(27)25-13-9-30-10-14(13)26-20-23-6-11(7-24-20)31-8-12-18(21)15(28-2)5-16(29-3)19(12)22/h1,5-7,13-14H,8-10H2,2-3H3,(H,25,27)(H,23,24,26). The fourth-order valence-corrected chi connectivity index (χ4v) is 3.51. The summed E-state index contributed by atoms with van der Waals surface area (Å²) in [5.74, 6) is 3.11. The molecule has 1 saturated heterocycles. The number of hydrogen-bond donors (Lipinski definition) is 2. The van der Waals surface area contributed by atoms with Crippen LogP contribution in [0.4, 0.5) is 5.95 Å². The van der Waals surface area contributed by atoms with Crippen molar-refractivity contribution in [3.05, 3.63) is 34.1 Å². The number of benzene rings is 1. The molecule has 2 unspecified atom stereocenters. The maximum Gasteiger partial charge on any atom is 0.295 e. The van der Waals surface area contributed by atoms with E-state index in [1.165, 1.54) is 26.6 Å². The average Bonchev–Trinajstić information content (AvgIpc) is 3.21. The molecule has 1 aromatic heterocycles. The third kappa shape index (κ3) is 5.41. The summed E-state index contributed by atoms with van der Waals surface area (Å²) in [6.07, 6.45) is 8.09.